The van der Waals surface area contributed by atoms with E-state index in [0.29, 0.717) is 26.9 Å². The lowest BCUT2D eigenvalue weighted by Crippen LogP contribution is -2.28. The lowest BCUT2D eigenvalue weighted by molar-refractivity contribution is 0.0588. The number of hydrogen-bond acceptors (Lipinski definition) is 5. The van der Waals surface area contributed by atoms with Crippen LogP contribution in [0.5, 0.6) is 0 Å². The van der Waals surface area contributed by atoms with Gasteiger partial charge in [-0.1, -0.05) is 54.1 Å². The highest BCUT2D eigenvalue weighted by Gasteiger charge is 2.24. The second-order valence-electron chi connectivity index (χ2n) is 7.58. The van der Waals surface area contributed by atoms with Crippen LogP contribution in [0, 0.1) is 0 Å². The SMILES string of the molecule is COC(=O)c1c(-c2ccccc2)c2cc(Cl)ccc2c(=O)n1Cc1ccc(S(C)(=O)=O)cc1. The number of methoxy groups -OCH3 is 1. The number of pyridine rings is 1. The number of carbonyl (C=O) groups is 1. The summed E-state index contributed by atoms with van der Waals surface area (Å²) in [6.45, 7) is 0.0473. The first-order valence-electron chi connectivity index (χ1n) is 9.99. The van der Waals surface area contributed by atoms with Crippen molar-refractivity contribution in [3.05, 3.63) is 99.4 Å². The molecule has 0 saturated heterocycles. The van der Waals surface area contributed by atoms with Crippen LogP contribution < -0.4 is 5.56 Å². The predicted molar refractivity (Wildman–Crippen MR) is 129 cm³/mol. The quantitative estimate of drug-likeness (QED) is 0.390. The zero-order chi connectivity index (χ0) is 23.8. The van der Waals surface area contributed by atoms with Gasteiger partial charge in [0.2, 0.25) is 0 Å². The van der Waals surface area contributed by atoms with E-state index in [9.17, 15) is 18.0 Å². The molecule has 3 aromatic carbocycles. The van der Waals surface area contributed by atoms with Crippen LogP contribution in [0.1, 0.15) is 16.1 Å². The summed E-state index contributed by atoms with van der Waals surface area (Å²) in [5.74, 6) is -0.666. The molecule has 0 bridgehead atoms. The third-order valence-electron chi connectivity index (χ3n) is 5.37. The molecule has 0 fully saturated rings. The number of sulfone groups is 1. The number of benzene rings is 3. The number of fused-ring (bicyclic) bond motifs is 1. The van der Waals surface area contributed by atoms with E-state index >= 15 is 0 Å². The molecule has 6 nitrogen and oxygen atoms in total. The summed E-state index contributed by atoms with van der Waals surface area (Å²) in [4.78, 5) is 26.7. The maximum atomic E-state index is 13.5. The average molecular weight is 482 g/mol. The van der Waals surface area contributed by atoms with Crippen molar-refractivity contribution in [1.82, 2.24) is 4.57 Å². The highest BCUT2D eigenvalue weighted by Crippen LogP contribution is 2.33. The maximum Gasteiger partial charge on any atom is 0.355 e. The lowest BCUT2D eigenvalue weighted by Gasteiger charge is -2.19. The molecule has 4 aromatic rings. The van der Waals surface area contributed by atoms with Gasteiger partial charge in [0, 0.05) is 22.2 Å². The first-order valence-corrected chi connectivity index (χ1v) is 12.3. The van der Waals surface area contributed by atoms with Crippen molar-refractivity contribution in [2.24, 2.45) is 0 Å². The van der Waals surface area contributed by atoms with Gasteiger partial charge in [0.05, 0.1) is 18.6 Å². The fourth-order valence-electron chi connectivity index (χ4n) is 3.80. The molecule has 4 rings (SSSR count). The molecule has 0 saturated carbocycles. The van der Waals surface area contributed by atoms with Gasteiger partial charge in [0.25, 0.3) is 5.56 Å². The number of carbonyl (C=O) groups excluding carboxylic acids is 1. The minimum atomic E-state index is -3.36. The summed E-state index contributed by atoms with van der Waals surface area (Å²) in [7, 11) is -2.10. The smallest absolute Gasteiger partial charge is 0.355 e. The van der Waals surface area contributed by atoms with Crippen molar-refractivity contribution in [2.75, 3.05) is 13.4 Å². The van der Waals surface area contributed by atoms with Crippen LogP contribution in [-0.2, 0) is 21.1 Å². The molecule has 0 atom stereocenters. The summed E-state index contributed by atoms with van der Waals surface area (Å²) in [6, 6.07) is 20.4. The average Bonchev–Trinajstić information content (AvgIpc) is 2.80. The van der Waals surface area contributed by atoms with Crippen molar-refractivity contribution in [3.63, 3.8) is 0 Å². The number of ether oxygens (including phenoxy) is 1. The molecular formula is C25H20ClNO5S. The van der Waals surface area contributed by atoms with Gasteiger partial charge in [-0.05, 0) is 46.8 Å². The summed E-state index contributed by atoms with van der Waals surface area (Å²) in [5.41, 5.74) is 1.63. The lowest BCUT2D eigenvalue weighted by atomic mass is 9.96. The molecule has 0 unspecified atom stereocenters. The minimum absolute atomic E-state index is 0.0473. The predicted octanol–water partition coefficient (Wildman–Crippen LogP) is 4.56. The zero-order valence-electron chi connectivity index (χ0n) is 17.9. The summed E-state index contributed by atoms with van der Waals surface area (Å²) < 4.78 is 30.0. The largest absolute Gasteiger partial charge is 0.464 e. The molecular weight excluding hydrogens is 462 g/mol. The fourth-order valence-corrected chi connectivity index (χ4v) is 4.60. The Labute approximate surface area is 195 Å². The van der Waals surface area contributed by atoms with Crippen LogP contribution >= 0.6 is 11.6 Å². The van der Waals surface area contributed by atoms with Crippen molar-refractivity contribution in [3.8, 4) is 11.1 Å². The second kappa shape index (κ2) is 8.84. The molecule has 0 aliphatic rings. The number of esters is 1. The van der Waals surface area contributed by atoms with Crippen LogP contribution in [0.2, 0.25) is 5.02 Å². The van der Waals surface area contributed by atoms with Crippen LogP contribution in [0.25, 0.3) is 21.9 Å². The Hall–Kier alpha value is -3.42. The Balaban J connectivity index is 2.03. The standard InChI is InChI=1S/C25H20ClNO5S/c1-32-25(29)23-22(17-6-4-3-5-7-17)21-14-18(26)10-13-20(21)24(28)27(23)15-16-8-11-19(12-9-16)33(2,30)31/h3-14H,15H2,1-2H3. The first kappa shape index (κ1) is 22.8. The number of halogens is 1. The molecule has 0 aliphatic heterocycles. The molecule has 1 heterocycles. The summed E-state index contributed by atoms with van der Waals surface area (Å²) in [6.07, 6.45) is 1.13. The number of hydrogen-bond donors (Lipinski definition) is 0. The molecule has 8 heteroatoms. The number of rotatable bonds is 5. The van der Waals surface area contributed by atoms with E-state index in [0.717, 1.165) is 11.8 Å². The molecule has 0 N–H and O–H groups in total. The van der Waals surface area contributed by atoms with Gasteiger partial charge in [0.15, 0.2) is 9.84 Å². The highest BCUT2D eigenvalue weighted by atomic mass is 35.5. The first-order chi connectivity index (χ1) is 15.7. The van der Waals surface area contributed by atoms with Crippen molar-refractivity contribution < 1.29 is 17.9 Å². The van der Waals surface area contributed by atoms with Crippen LogP contribution in [0.3, 0.4) is 0 Å². The van der Waals surface area contributed by atoms with Crippen molar-refractivity contribution in [2.45, 2.75) is 11.4 Å². The van der Waals surface area contributed by atoms with Gasteiger partial charge >= 0.3 is 5.97 Å². The molecule has 0 amide bonds. The van der Waals surface area contributed by atoms with Gasteiger partial charge in [-0.2, -0.15) is 0 Å². The summed E-state index contributed by atoms with van der Waals surface area (Å²) in [5, 5.41) is 1.38. The molecule has 33 heavy (non-hydrogen) atoms. The van der Waals surface area contributed by atoms with Gasteiger partial charge < -0.3 is 4.74 Å². The monoisotopic (exact) mass is 481 g/mol. The number of aromatic nitrogens is 1. The van der Waals surface area contributed by atoms with Crippen LogP contribution in [0.4, 0.5) is 0 Å². The van der Waals surface area contributed by atoms with Gasteiger partial charge in [-0.25, -0.2) is 13.2 Å². The molecule has 168 valence electrons. The van der Waals surface area contributed by atoms with E-state index in [-0.39, 0.29) is 22.7 Å². The molecule has 0 spiro atoms. The third-order valence-corrected chi connectivity index (χ3v) is 6.73. The molecule has 0 radical (unpaired) electrons. The van der Waals surface area contributed by atoms with E-state index < -0.39 is 15.8 Å². The van der Waals surface area contributed by atoms with Gasteiger partial charge in [0.1, 0.15) is 5.69 Å². The molecule has 0 aliphatic carbocycles. The minimum Gasteiger partial charge on any atom is -0.464 e. The van der Waals surface area contributed by atoms with Crippen LogP contribution in [-0.4, -0.2) is 32.3 Å². The van der Waals surface area contributed by atoms with E-state index in [4.69, 9.17) is 16.3 Å². The number of nitrogens with zero attached hydrogens (tertiary/aromatic N) is 1. The highest BCUT2D eigenvalue weighted by molar-refractivity contribution is 7.90. The fraction of sp³-hybridized carbons (Fsp3) is 0.120. The van der Waals surface area contributed by atoms with E-state index in [1.165, 1.54) is 23.8 Å². The summed E-state index contributed by atoms with van der Waals surface area (Å²) >= 11 is 6.24. The van der Waals surface area contributed by atoms with Crippen molar-refractivity contribution in [1.29, 1.82) is 0 Å². The van der Waals surface area contributed by atoms with E-state index in [1.807, 2.05) is 30.3 Å². The topological polar surface area (TPSA) is 82.4 Å². The zero-order valence-corrected chi connectivity index (χ0v) is 19.5. The molecule has 1 aromatic heterocycles. The Morgan fingerprint density at radius 1 is 0.970 bits per heavy atom. The van der Waals surface area contributed by atoms with Crippen LogP contribution in [0.15, 0.2) is 82.5 Å². The van der Waals surface area contributed by atoms with E-state index in [1.54, 1.807) is 30.3 Å². The Morgan fingerprint density at radius 2 is 1.64 bits per heavy atom. The third kappa shape index (κ3) is 4.42. The van der Waals surface area contributed by atoms with Gasteiger partial charge in [-0.15, -0.1) is 0 Å². The Morgan fingerprint density at radius 3 is 2.24 bits per heavy atom. The van der Waals surface area contributed by atoms with Crippen molar-refractivity contribution >= 4 is 38.2 Å². The maximum absolute atomic E-state index is 13.5. The van der Waals surface area contributed by atoms with Gasteiger partial charge in [-0.3, -0.25) is 9.36 Å². The Kier molecular flexibility index (Phi) is 6.10. The Bertz CT molecular complexity index is 1530. The normalized spacial score (nSPS) is 11.5. The van der Waals surface area contributed by atoms with E-state index in [2.05, 4.69) is 0 Å². The second-order valence-corrected chi connectivity index (χ2v) is 10.0.